The Labute approximate surface area is 134 Å². The van der Waals surface area contributed by atoms with Crippen LogP contribution in [0.1, 0.15) is 18.5 Å². The van der Waals surface area contributed by atoms with Crippen molar-refractivity contribution < 1.29 is 0 Å². The molecule has 1 atom stereocenters. The number of anilines is 1. The first-order valence-corrected chi connectivity index (χ1v) is 7.39. The molecule has 2 rings (SSSR count). The van der Waals surface area contributed by atoms with Crippen LogP contribution in [0.3, 0.4) is 0 Å². The van der Waals surface area contributed by atoms with Gasteiger partial charge in [0.15, 0.2) is 0 Å². The van der Waals surface area contributed by atoms with Gasteiger partial charge in [-0.3, -0.25) is 4.79 Å². The van der Waals surface area contributed by atoms with Crippen molar-refractivity contribution in [2.45, 2.75) is 13.0 Å². The largest absolute Gasteiger partial charge is 0.376 e. The number of nitrogens with zero attached hydrogens (tertiary/aromatic N) is 2. The van der Waals surface area contributed by atoms with Crippen LogP contribution in [0.15, 0.2) is 33.7 Å². The minimum absolute atomic E-state index is 0.119. The smallest absolute Gasteiger partial charge is 0.282 e. The molecule has 1 heterocycles. The molecule has 0 saturated heterocycles. The van der Waals surface area contributed by atoms with Gasteiger partial charge in [-0.05, 0) is 34.5 Å². The first-order valence-electron chi connectivity index (χ1n) is 5.84. The Bertz CT molecular complexity index is 703. The van der Waals surface area contributed by atoms with Crippen LogP contribution < -0.4 is 10.9 Å². The van der Waals surface area contributed by atoms with E-state index in [0.29, 0.717) is 20.2 Å². The molecule has 1 unspecified atom stereocenters. The molecule has 0 aliphatic carbocycles. The van der Waals surface area contributed by atoms with Crippen LogP contribution in [0.4, 0.5) is 5.69 Å². The van der Waals surface area contributed by atoms with Gasteiger partial charge in [0.25, 0.3) is 5.56 Å². The van der Waals surface area contributed by atoms with Gasteiger partial charge in [0.05, 0.1) is 28.0 Å². The summed E-state index contributed by atoms with van der Waals surface area (Å²) in [6.45, 7) is 1.93. The Kier molecular flexibility index (Phi) is 4.73. The van der Waals surface area contributed by atoms with Crippen molar-refractivity contribution in [3.05, 3.63) is 54.8 Å². The third kappa shape index (κ3) is 3.00. The molecule has 2 aromatic rings. The zero-order chi connectivity index (χ0) is 14.9. The van der Waals surface area contributed by atoms with Crippen LogP contribution in [0.2, 0.25) is 10.0 Å². The maximum absolute atomic E-state index is 11.8. The van der Waals surface area contributed by atoms with Gasteiger partial charge in [0, 0.05) is 7.05 Å². The van der Waals surface area contributed by atoms with E-state index in [2.05, 4.69) is 26.3 Å². The second-order valence-corrected chi connectivity index (χ2v) is 5.89. The molecule has 0 radical (unpaired) electrons. The Balaban J connectivity index is 2.33. The fourth-order valence-corrected chi connectivity index (χ4v) is 2.72. The van der Waals surface area contributed by atoms with E-state index in [1.165, 1.54) is 4.68 Å². The van der Waals surface area contributed by atoms with Crippen molar-refractivity contribution in [2.24, 2.45) is 7.05 Å². The molecule has 106 valence electrons. The summed E-state index contributed by atoms with van der Waals surface area (Å²) in [5.41, 5.74) is 1.25. The Morgan fingerprint density at radius 2 is 2.10 bits per heavy atom. The van der Waals surface area contributed by atoms with Gasteiger partial charge in [0.1, 0.15) is 4.47 Å². The number of halogens is 3. The fraction of sp³-hybridized carbons (Fsp3) is 0.231. The molecule has 0 amide bonds. The Morgan fingerprint density at radius 1 is 1.40 bits per heavy atom. The van der Waals surface area contributed by atoms with Crippen molar-refractivity contribution in [1.29, 1.82) is 0 Å². The van der Waals surface area contributed by atoms with E-state index in [4.69, 9.17) is 23.2 Å². The topological polar surface area (TPSA) is 46.9 Å². The number of nitrogens with one attached hydrogen (secondary N) is 1. The minimum Gasteiger partial charge on any atom is -0.376 e. The maximum atomic E-state index is 11.8. The zero-order valence-corrected chi connectivity index (χ0v) is 13.9. The van der Waals surface area contributed by atoms with Crippen molar-refractivity contribution in [3.8, 4) is 0 Å². The predicted molar refractivity (Wildman–Crippen MR) is 85.7 cm³/mol. The molecule has 0 aliphatic rings. The van der Waals surface area contributed by atoms with Gasteiger partial charge in [-0.15, -0.1) is 0 Å². The van der Waals surface area contributed by atoms with Crippen molar-refractivity contribution in [1.82, 2.24) is 9.78 Å². The zero-order valence-electron chi connectivity index (χ0n) is 10.8. The highest BCUT2D eigenvalue weighted by atomic mass is 79.9. The molecular formula is C13H12BrCl2N3O. The second-order valence-electron chi connectivity index (χ2n) is 4.31. The molecule has 1 aromatic carbocycles. The van der Waals surface area contributed by atoms with E-state index in [-0.39, 0.29) is 11.6 Å². The summed E-state index contributed by atoms with van der Waals surface area (Å²) in [6.07, 6.45) is 1.58. The minimum atomic E-state index is -0.209. The Morgan fingerprint density at radius 3 is 2.80 bits per heavy atom. The maximum Gasteiger partial charge on any atom is 0.282 e. The molecule has 4 nitrogen and oxygen atoms in total. The van der Waals surface area contributed by atoms with E-state index in [1.807, 2.05) is 19.1 Å². The molecule has 0 saturated carbocycles. The molecule has 20 heavy (non-hydrogen) atoms. The van der Waals surface area contributed by atoms with E-state index in [0.717, 1.165) is 5.56 Å². The molecule has 0 fully saturated rings. The van der Waals surface area contributed by atoms with E-state index >= 15 is 0 Å². The van der Waals surface area contributed by atoms with Gasteiger partial charge < -0.3 is 5.32 Å². The van der Waals surface area contributed by atoms with Crippen LogP contribution in [-0.2, 0) is 7.05 Å². The lowest BCUT2D eigenvalue weighted by Gasteiger charge is -2.18. The first-order chi connectivity index (χ1) is 9.41. The van der Waals surface area contributed by atoms with Crippen molar-refractivity contribution >= 4 is 44.8 Å². The quantitative estimate of drug-likeness (QED) is 0.879. The number of benzene rings is 1. The van der Waals surface area contributed by atoms with Gasteiger partial charge in [-0.1, -0.05) is 35.3 Å². The lowest BCUT2D eigenvalue weighted by molar-refractivity contribution is 0.701. The van der Waals surface area contributed by atoms with Gasteiger partial charge in [-0.25, -0.2) is 4.68 Å². The number of hydrogen-bond donors (Lipinski definition) is 1. The molecule has 1 aromatic heterocycles. The number of hydrogen-bond acceptors (Lipinski definition) is 3. The summed E-state index contributed by atoms with van der Waals surface area (Å²) in [5, 5.41) is 8.18. The number of aromatic nitrogens is 2. The van der Waals surface area contributed by atoms with E-state index in [1.54, 1.807) is 19.3 Å². The predicted octanol–water partition coefficient (Wildman–Crippen LogP) is 4.02. The molecule has 1 N–H and O–H groups in total. The van der Waals surface area contributed by atoms with Crippen LogP contribution in [-0.4, -0.2) is 9.78 Å². The Hall–Kier alpha value is -1.04. The average molecular weight is 377 g/mol. The summed E-state index contributed by atoms with van der Waals surface area (Å²) < 4.78 is 1.69. The molecule has 7 heteroatoms. The first kappa shape index (κ1) is 15.4. The van der Waals surface area contributed by atoms with Gasteiger partial charge >= 0.3 is 0 Å². The van der Waals surface area contributed by atoms with Crippen LogP contribution in [0, 0.1) is 0 Å². The van der Waals surface area contributed by atoms with Crippen LogP contribution >= 0.6 is 39.1 Å². The summed E-state index contributed by atoms with van der Waals surface area (Å²) >= 11 is 15.5. The molecular weight excluding hydrogens is 365 g/mol. The standard InChI is InChI=1S/C13H12BrCl2N3O/c1-7(8-4-3-5-9(15)12(8)16)18-10-6-17-19(2)13(20)11(10)14/h3-7,18H,1-2H3. The second kappa shape index (κ2) is 6.16. The number of rotatable bonds is 3. The van der Waals surface area contributed by atoms with Crippen molar-refractivity contribution in [3.63, 3.8) is 0 Å². The molecule has 0 spiro atoms. The van der Waals surface area contributed by atoms with Crippen LogP contribution in [0.5, 0.6) is 0 Å². The summed E-state index contributed by atoms with van der Waals surface area (Å²) in [6, 6.07) is 5.33. The fourth-order valence-electron chi connectivity index (χ4n) is 1.78. The van der Waals surface area contributed by atoms with Crippen molar-refractivity contribution in [2.75, 3.05) is 5.32 Å². The monoisotopic (exact) mass is 375 g/mol. The van der Waals surface area contributed by atoms with Crippen LogP contribution in [0.25, 0.3) is 0 Å². The van der Waals surface area contributed by atoms with Gasteiger partial charge in [-0.2, -0.15) is 5.10 Å². The summed E-state index contributed by atoms with van der Waals surface area (Å²) in [5.74, 6) is 0. The third-order valence-electron chi connectivity index (χ3n) is 2.90. The lowest BCUT2D eigenvalue weighted by Crippen LogP contribution is -2.22. The average Bonchev–Trinajstić information content (AvgIpc) is 2.42. The van der Waals surface area contributed by atoms with E-state index < -0.39 is 0 Å². The van der Waals surface area contributed by atoms with E-state index in [9.17, 15) is 4.79 Å². The SMILES string of the molecule is CC(Nc1cnn(C)c(=O)c1Br)c1cccc(Cl)c1Cl. The number of aryl methyl sites for hydroxylation is 1. The lowest BCUT2D eigenvalue weighted by atomic mass is 10.1. The van der Waals surface area contributed by atoms with Gasteiger partial charge in [0.2, 0.25) is 0 Å². The highest BCUT2D eigenvalue weighted by Gasteiger charge is 2.14. The highest BCUT2D eigenvalue weighted by molar-refractivity contribution is 9.10. The normalized spacial score (nSPS) is 12.2. The molecule has 0 aliphatic heterocycles. The summed E-state index contributed by atoms with van der Waals surface area (Å²) in [4.78, 5) is 11.8. The summed E-state index contributed by atoms with van der Waals surface area (Å²) in [7, 11) is 1.59. The third-order valence-corrected chi connectivity index (χ3v) is 4.50. The highest BCUT2D eigenvalue weighted by Crippen LogP contribution is 2.32. The molecule has 0 bridgehead atoms.